The van der Waals surface area contributed by atoms with Crippen molar-refractivity contribution in [1.29, 1.82) is 0 Å². The summed E-state index contributed by atoms with van der Waals surface area (Å²) in [5, 5.41) is 10.3. The van der Waals surface area contributed by atoms with Crippen LogP contribution >= 0.6 is 0 Å². The number of phenols is 1. The lowest BCUT2D eigenvalue weighted by atomic mass is 9.81. The first-order valence-electron chi connectivity index (χ1n) is 7.69. The van der Waals surface area contributed by atoms with E-state index in [2.05, 4.69) is 0 Å². The van der Waals surface area contributed by atoms with E-state index in [-0.39, 0.29) is 23.0 Å². The first kappa shape index (κ1) is 19.8. The SMILES string of the molecule is CCC(Oc1cc(C(C)(C)C)c(O)cc1C(C)(C)C)S(=O)(=O)O. The van der Waals surface area contributed by atoms with Crippen LogP contribution in [0, 0.1) is 0 Å². The van der Waals surface area contributed by atoms with Gasteiger partial charge in [-0.1, -0.05) is 48.5 Å². The van der Waals surface area contributed by atoms with Crippen molar-refractivity contribution in [2.45, 2.75) is 71.2 Å². The van der Waals surface area contributed by atoms with Crippen molar-refractivity contribution >= 4 is 10.1 Å². The minimum Gasteiger partial charge on any atom is -0.508 e. The van der Waals surface area contributed by atoms with Crippen molar-refractivity contribution in [1.82, 2.24) is 0 Å². The van der Waals surface area contributed by atoms with Gasteiger partial charge in [0.2, 0.25) is 5.44 Å². The lowest BCUT2D eigenvalue weighted by molar-refractivity contribution is 0.246. The summed E-state index contributed by atoms with van der Waals surface area (Å²) in [6.45, 7) is 13.3. The summed E-state index contributed by atoms with van der Waals surface area (Å²) in [6, 6.07) is 3.29. The van der Waals surface area contributed by atoms with Crippen LogP contribution in [0.25, 0.3) is 0 Å². The van der Waals surface area contributed by atoms with Crippen LogP contribution < -0.4 is 4.74 Å². The van der Waals surface area contributed by atoms with E-state index in [1.165, 1.54) is 0 Å². The van der Waals surface area contributed by atoms with Gasteiger partial charge < -0.3 is 9.84 Å². The van der Waals surface area contributed by atoms with E-state index in [0.717, 1.165) is 0 Å². The summed E-state index contributed by atoms with van der Waals surface area (Å²) in [5.74, 6) is 0.513. The fourth-order valence-corrected chi connectivity index (χ4v) is 3.00. The highest BCUT2D eigenvalue weighted by Crippen LogP contribution is 2.41. The molecular weight excluding hydrogens is 316 g/mol. The quantitative estimate of drug-likeness (QED) is 0.807. The maximum absolute atomic E-state index is 11.5. The molecule has 0 saturated heterocycles. The number of aromatic hydroxyl groups is 1. The van der Waals surface area contributed by atoms with E-state index >= 15 is 0 Å². The van der Waals surface area contributed by atoms with Crippen LogP contribution in [0.4, 0.5) is 0 Å². The lowest BCUT2D eigenvalue weighted by Crippen LogP contribution is -2.28. The molecule has 1 rings (SSSR count). The highest BCUT2D eigenvalue weighted by Gasteiger charge is 2.29. The minimum atomic E-state index is -4.32. The number of rotatable bonds is 4. The Hall–Kier alpha value is -1.27. The Morgan fingerprint density at radius 1 is 1.04 bits per heavy atom. The third-order valence-corrected chi connectivity index (χ3v) is 4.73. The van der Waals surface area contributed by atoms with Crippen LogP contribution in [0.2, 0.25) is 0 Å². The van der Waals surface area contributed by atoms with E-state index in [0.29, 0.717) is 16.9 Å². The van der Waals surface area contributed by atoms with Crippen LogP contribution in [0.1, 0.15) is 66.0 Å². The molecule has 0 aromatic heterocycles. The summed E-state index contributed by atoms with van der Waals surface area (Å²) in [5.41, 5.74) is -0.684. The average Bonchev–Trinajstić information content (AvgIpc) is 2.32. The molecule has 1 atom stereocenters. The van der Waals surface area contributed by atoms with E-state index in [9.17, 15) is 18.1 Å². The fraction of sp³-hybridized carbons (Fsp3) is 0.647. The van der Waals surface area contributed by atoms with Crippen molar-refractivity contribution in [3.8, 4) is 11.5 Å². The monoisotopic (exact) mass is 344 g/mol. The topological polar surface area (TPSA) is 83.8 Å². The third-order valence-electron chi connectivity index (χ3n) is 3.64. The van der Waals surface area contributed by atoms with Gasteiger partial charge in [-0.05, 0) is 29.4 Å². The molecule has 5 nitrogen and oxygen atoms in total. The normalized spacial score (nSPS) is 14.6. The minimum absolute atomic E-state index is 0.119. The van der Waals surface area contributed by atoms with Gasteiger partial charge in [0, 0.05) is 11.1 Å². The van der Waals surface area contributed by atoms with Gasteiger partial charge in [-0.3, -0.25) is 4.55 Å². The number of benzene rings is 1. The zero-order valence-electron chi connectivity index (χ0n) is 15.0. The number of phenolic OH excluding ortho intramolecular Hbond substituents is 1. The molecule has 0 aliphatic carbocycles. The molecule has 0 fully saturated rings. The molecule has 0 amide bonds. The average molecular weight is 344 g/mol. The second-order valence-corrected chi connectivity index (χ2v) is 9.39. The molecule has 1 aromatic carbocycles. The second-order valence-electron chi connectivity index (χ2n) is 7.84. The van der Waals surface area contributed by atoms with Crippen molar-refractivity contribution in [2.75, 3.05) is 0 Å². The standard InChI is InChI=1S/C17H28O5S/c1-8-15(23(19,20)21)22-14-10-11(16(2,3)4)13(18)9-12(14)17(5,6)7/h9-10,15,18H,8H2,1-7H3,(H,19,20,21). The predicted octanol–water partition coefficient (Wildman–Crippen LogP) is 3.99. The number of hydrogen-bond donors (Lipinski definition) is 2. The number of hydrogen-bond acceptors (Lipinski definition) is 4. The first-order chi connectivity index (χ1) is 10.2. The van der Waals surface area contributed by atoms with Crippen molar-refractivity contribution < 1.29 is 22.8 Å². The highest BCUT2D eigenvalue weighted by molar-refractivity contribution is 7.86. The lowest BCUT2D eigenvalue weighted by Gasteiger charge is -2.28. The van der Waals surface area contributed by atoms with Gasteiger partial charge in [0.05, 0.1) is 0 Å². The van der Waals surface area contributed by atoms with Gasteiger partial charge in [-0.2, -0.15) is 8.42 Å². The van der Waals surface area contributed by atoms with Gasteiger partial charge in [0.25, 0.3) is 0 Å². The number of ether oxygens (including phenoxy) is 1. The first-order valence-corrected chi connectivity index (χ1v) is 9.19. The van der Waals surface area contributed by atoms with Crippen LogP contribution in [0.3, 0.4) is 0 Å². The molecule has 0 radical (unpaired) electrons. The Labute approximate surface area is 139 Å². The summed E-state index contributed by atoms with van der Waals surface area (Å²) in [4.78, 5) is 0. The van der Waals surface area contributed by atoms with Crippen LogP contribution in [0.15, 0.2) is 12.1 Å². The predicted molar refractivity (Wildman–Crippen MR) is 91.8 cm³/mol. The third kappa shape index (κ3) is 4.85. The Morgan fingerprint density at radius 2 is 1.52 bits per heavy atom. The molecular formula is C17H28O5S. The Kier molecular flexibility index (Phi) is 5.43. The highest BCUT2D eigenvalue weighted by atomic mass is 32.2. The molecule has 0 bridgehead atoms. The molecule has 0 saturated carbocycles. The van der Waals surface area contributed by atoms with E-state index < -0.39 is 15.6 Å². The summed E-state index contributed by atoms with van der Waals surface area (Å²) < 4.78 is 37.9. The second kappa shape index (κ2) is 6.32. The van der Waals surface area contributed by atoms with Crippen LogP contribution in [0.5, 0.6) is 11.5 Å². The summed E-state index contributed by atoms with van der Waals surface area (Å²) in [7, 11) is -4.32. The van der Waals surface area contributed by atoms with Crippen molar-refractivity contribution in [3.63, 3.8) is 0 Å². The molecule has 132 valence electrons. The summed E-state index contributed by atoms with van der Waals surface area (Å²) in [6.07, 6.45) is 0.119. The Bertz CT molecular complexity index is 663. The van der Waals surface area contributed by atoms with Crippen LogP contribution in [-0.4, -0.2) is 23.5 Å². The van der Waals surface area contributed by atoms with E-state index in [1.54, 1.807) is 19.1 Å². The van der Waals surface area contributed by atoms with Crippen molar-refractivity contribution in [3.05, 3.63) is 23.3 Å². The zero-order chi connectivity index (χ0) is 18.2. The molecule has 2 N–H and O–H groups in total. The maximum Gasteiger partial charge on any atom is 0.303 e. The van der Waals surface area contributed by atoms with E-state index in [4.69, 9.17) is 4.74 Å². The van der Waals surface area contributed by atoms with Gasteiger partial charge in [-0.25, -0.2) is 0 Å². The maximum atomic E-state index is 11.5. The van der Waals surface area contributed by atoms with Gasteiger partial charge >= 0.3 is 10.1 Å². The van der Waals surface area contributed by atoms with Gasteiger partial charge in [0.1, 0.15) is 11.5 Å². The molecule has 6 heteroatoms. The molecule has 1 unspecified atom stereocenters. The molecule has 0 aliphatic rings. The molecule has 0 spiro atoms. The van der Waals surface area contributed by atoms with Crippen LogP contribution in [-0.2, 0) is 20.9 Å². The Balaban J connectivity index is 3.54. The fourth-order valence-electron chi connectivity index (χ4n) is 2.35. The van der Waals surface area contributed by atoms with Gasteiger partial charge in [-0.15, -0.1) is 0 Å². The smallest absolute Gasteiger partial charge is 0.303 e. The molecule has 1 aromatic rings. The Morgan fingerprint density at radius 3 is 1.87 bits per heavy atom. The molecule has 0 aliphatic heterocycles. The van der Waals surface area contributed by atoms with Gasteiger partial charge in [0.15, 0.2) is 0 Å². The van der Waals surface area contributed by atoms with E-state index in [1.807, 2.05) is 41.5 Å². The zero-order valence-corrected chi connectivity index (χ0v) is 15.8. The van der Waals surface area contributed by atoms with Crippen molar-refractivity contribution in [2.24, 2.45) is 0 Å². The molecule has 23 heavy (non-hydrogen) atoms. The molecule has 0 heterocycles. The largest absolute Gasteiger partial charge is 0.508 e. The summed E-state index contributed by atoms with van der Waals surface area (Å²) >= 11 is 0.